The van der Waals surface area contributed by atoms with Crippen LogP contribution in [0.1, 0.15) is 25.0 Å². The molecule has 0 aliphatic heterocycles. The highest BCUT2D eigenvalue weighted by Crippen LogP contribution is 2.44. The van der Waals surface area contributed by atoms with Gasteiger partial charge in [0, 0.05) is 5.57 Å². The van der Waals surface area contributed by atoms with Crippen molar-refractivity contribution in [3.63, 3.8) is 0 Å². The van der Waals surface area contributed by atoms with Crippen molar-refractivity contribution in [2.24, 2.45) is 11.8 Å². The van der Waals surface area contributed by atoms with Crippen LogP contribution in [0.25, 0.3) is 5.57 Å². The van der Waals surface area contributed by atoms with Gasteiger partial charge in [-0.3, -0.25) is 0 Å². The quantitative estimate of drug-likeness (QED) is 0.659. The second-order valence-corrected chi connectivity index (χ2v) is 5.26. The van der Waals surface area contributed by atoms with Crippen LogP contribution in [0.2, 0.25) is 0 Å². The third-order valence-electron chi connectivity index (χ3n) is 4.02. The summed E-state index contributed by atoms with van der Waals surface area (Å²) in [6.07, 6.45) is 0. The van der Waals surface area contributed by atoms with Gasteiger partial charge in [0.15, 0.2) is 0 Å². The highest BCUT2D eigenvalue weighted by molar-refractivity contribution is 5.79. The average molecular weight is 246 g/mol. The van der Waals surface area contributed by atoms with Gasteiger partial charge in [0.1, 0.15) is 0 Å². The molecule has 0 radical (unpaired) electrons. The lowest BCUT2D eigenvalue weighted by atomic mass is 9.98. The summed E-state index contributed by atoms with van der Waals surface area (Å²) in [5, 5.41) is 0. The molecule has 1 aliphatic carbocycles. The van der Waals surface area contributed by atoms with Crippen LogP contribution in [-0.4, -0.2) is 0 Å². The molecule has 0 aromatic heterocycles. The number of allylic oxidation sites excluding steroid dienone is 1. The molecule has 0 nitrogen and oxygen atoms in total. The van der Waals surface area contributed by atoms with E-state index in [9.17, 15) is 0 Å². The molecule has 0 amide bonds. The van der Waals surface area contributed by atoms with Crippen molar-refractivity contribution in [1.82, 2.24) is 0 Å². The normalized spacial score (nSPS) is 20.8. The first kappa shape index (κ1) is 12.0. The minimum atomic E-state index is 0.683. The number of hydrogen-bond donors (Lipinski definition) is 0. The van der Waals surface area contributed by atoms with E-state index in [1.165, 1.54) is 22.3 Å². The van der Waals surface area contributed by atoms with Gasteiger partial charge in [-0.05, 0) is 28.5 Å². The molecule has 2 aromatic carbocycles. The summed E-state index contributed by atoms with van der Waals surface area (Å²) < 4.78 is 0. The van der Waals surface area contributed by atoms with Gasteiger partial charge in [0.2, 0.25) is 0 Å². The molecule has 19 heavy (non-hydrogen) atoms. The number of benzene rings is 2. The van der Waals surface area contributed by atoms with E-state index in [1.54, 1.807) is 0 Å². The predicted molar refractivity (Wildman–Crippen MR) is 80.7 cm³/mol. The SMILES string of the molecule is C[C@@H]1C(=C=C(c2ccccc2)c2ccccc2)[C@H]1C. The van der Waals surface area contributed by atoms with Gasteiger partial charge in [-0.25, -0.2) is 0 Å². The van der Waals surface area contributed by atoms with Crippen molar-refractivity contribution in [1.29, 1.82) is 0 Å². The molecule has 0 bridgehead atoms. The summed E-state index contributed by atoms with van der Waals surface area (Å²) in [5.74, 6) is 1.37. The second-order valence-electron chi connectivity index (χ2n) is 5.26. The van der Waals surface area contributed by atoms with Gasteiger partial charge in [0.05, 0.1) is 0 Å². The third-order valence-corrected chi connectivity index (χ3v) is 4.02. The largest absolute Gasteiger partial charge is 0.112 e. The number of rotatable bonds is 2. The molecule has 1 fully saturated rings. The molecule has 0 N–H and O–H groups in total. The Morgan fingerprint density at radius 2 is 1.16 bits per heavy atom. The van der Waals surface area contributed by atoms with E-state index in [0.29, 0.717) is 11.8 Å². The lowest BCUT2D eigenvalue weighted by molar-refractivity contribution is 0.834. The standard InChI is InChI=1S/C19H18/c1-14-15(2)18(14)13-19(16-9-5-3-6-10-16)17-11-7-4-8-12-17/h3-12,14-15H,1-2H3/t14-,15-/m0/s1. The van der Waals surface area contributed by atoms with Gasteiger partial charge in [0.25, 0.3) is 0 Å². The minimum absolute atomic E-state index is 0.683. The van der Waals surface area contributed by atoms with Gasteiger partial charge >= 0.3 is 0 Å². The topological polar surface area (TPSA) is 0 Å². The van der Waals surface area contributed by atoms with Crippen molar-refractivity contribution >= 4 is 5.57 Å². The Kier molecular flexibility index (Phi) is 3.11. The first-order chi connectivity index (χ1) is 9.27. The molecule has 0 unspecified atom stereocenters. The average Bonchev–Trinajstić information content (AvgIpc) is 3.04. The van der Waals surface area contributed by atoms with Crippen molar-refractivity contribution in [3.05, 3.63) is 83.1 Å². The second kappa shape index (κ2) is 4.91. The Hall–Kier alpha value is -2.04. The van der Waals surface area contributed by atoms with Crippen LogP contribution in [0, 0.1) is 11.8 Å². The van der Waals surface area contributed by atoms with Crippen molar-refractivity contribution < 1.29 is 0 Å². The molecular formula is C19H18. The van der Waals surface area contributed by atoms with Crippen LogP contribution < -0.4 is 0 Å². The van der Waals surface area contributed by atoms with Crippen LogP contribution >= 0.6 is 0 Å². The van der Waals surface area contributed by atoms with Crippen LogP contribution in [0.5, 0.6) is 0 Å². The highest BCUT2D eigenvalue weighted by Gasteiger charge is 2.35. The fourth-order valence-corrected chi connectivity index (χ4v) is 2.46. The molecule has 0 heteroatoms. The van der Waals surface area contributed by atoms with Crippen LogP contribution in [-0.2, 0) is 0 Å². The summed E-state index contributed by atoms with van der Waals surface area (Å²) >= 11 is 0. The molecule has 0 saturated heterocycles. The maximum absolute atomic E-state index is 3.66. The van der Waals surface area contributed by atoms with Crippen molar-refractivity contribution in [2.45, 2.75) is 13.8 Å². The lowest BCUT2D eigenvalue weighted by Gasteiger charge is -2.05. The molecular weight excluding hydrogens is 228 g/mol. The minimum Gasteiger partial charge on any atom is -0.112 e. The Bertz CT molecular complexity index is 577. The first-order valence-electron chi connectivity index (χ1n) is 6.89. The van der Waals surface area contributed by atoms with E-state index in [-0.39, 0.29) is 0 Å². The highest BCUT2D eigenvalue weighted by atomic mass is 14.4. The summed E-state index contributed by atoms with van der Waals surface area (Å²) in [5.41, 5.74) is 8.80. The molecule has 94 valence electrons. The Morgan fingerprint density at radius 3 is 1.53 bits per heavy atom. The van der Waals surface area contributed by atoms with Crippen LogP contribution in [0.4, 0.5) is 0 Å². The van der Waals surface area contributed by atoms with Crippen molar-refractivity contribution in [3.8, 4) is 0 Å². The van der Waals surface area contributed by atoms with E-state index >= 15 is 0 Å². The number of hydrogen-bond acceptors (Lipinski definition) is 0. The Morgan fingerprint density at radius 1 is 0.737 bits per heavy atom. The molecule has 1 aliphatic rings. The van der Waals surface area contributed by atoms with E-state index in [4.69, 9.17) is 0 Å². The maximum Gasteiger partial charge on any atom is 0.0309 e. The molecule has 3 rings (SSSR count). The maximum atomic E-state index is 3.66. The van der Waals surface area contributed by atoms with Gasteiger partial charge in [-0.15, -0.1) is 5.73 Å². The molecule has 2 atom stereocenters. The predicted octanol–water partition coefficient (Wildman–Crippen LogP) is 4.93. The van der Waals surface area contributed by atoms with Crippen LogP contribution in [0.3, 0.4) is 0 Å². The van der Waals surface area contributed by atoms with Gasteiger partial charge in [-0.1, -0.05) is 74.5 Å². The molecule has 0 spiro atoms. The fourth-order valence-electron chi connectivity index (χ4n) is 2.46. The van der Waals surface area contributed by atoms with Gasteiger partial charge < -0.3 is 0 Å². The van der Waals surface area contributed by atoms with Gasteiger partial charge in [-0.2, -0.15) is 0 Å². The van der Waals surface area contributed by atoms with E-state index in [2.05, 4.69) is 80.2 Å². The first-order valence-corrected chi connectivity index (χ1v) is 6.89. The zero-order valence-corrected chi connectivity index (χ0v) is 11.4. The monoisotopic (exact) mass is 246 g/mol. The summed E-state index contributed by atoms with van der Waals surface area (Å²) in [6.45, 7) is 4.56. The zero-order chi connectivity index (χ0) is 13.2. The summed E-state index contributed by atoms with van der Waals surface area (Å²) in [6, 6.07) is 21.1. The van der Waals surface area contributed by atoms with E-state index in [1.807, 2.05) is 0 Å². The summed E-state index contributed by atoms with van der Waals surface area (Å²) in [4.78, 5) is 0. The molecule has 0 heterocycles. The zero-order valence-electron chi connectivity index (χ0n) is 11.4. The smallest absolute Gasteiger partial charge is 0.0309 e. The van der Waals surface area contributed by atoms with E-state index in [0.717, 1.165) is 0 Å². The fraction of sp³-hybridized carbons (Fsp3) is 0.211. The van der Waals surface area contributed by atoms with E-state index < -0.39 is 0 Å². The summed E-state index contributed by atoms with van der Waals surface area (Å²) in [7, 11) is 0. The van der Waals surface area contributed by atoms with Crippen LogP contribution in [0.15, 0.2) is 72.0 Å². The molecule has 2 aromatic rings. The lowest BCUT2D eigenvalue weighted by Crippen LogP contribution is -1.85. The third kappa shape index (κ3) is 2.41. The van der Waals surface area contributed by atoms with Crippen molar-refractivity contribution in [2.75, 3.05) is 0 Å². The Labute approximate surface area is 115 Å². The molecule has 1 saturated carbocycles. The Balaban J connectivity index is 2.16.